The van der Waals surface area contributed by atoms with E-state index in [1.807, 2.05) is 36.4 Å². The molecule has 0 saturated carbocycles. The highest BCUT2D eigenvalue weighted by atomic mass is 16.5. The number of hydrogen-bond acceptors (Lipinski definition) is 4. The van der Waals surface area contributed by atoms with Gasteiger partial charge in [0.25, 0.3) is 0 Å². The van der Waals surface area contributed by atoms with E-state index in [2.05, 4.69) is 10.3 Å². The zero-order chi connectivity index (χ0) is 18.4. The van der Waals surface area contributed by atoms with Crippen LogP contribution in [0.4, 0.5) is 0 Å². The minimum Gasteiger partial charge on any atom is -0.497 e. The van der Waals surface area contributed by atoms with Crippen molar-refractivity contribution in [1.29, 1.82) is 0 Å². The van der Waals surface area contributed by atoms with Gasteiger partial charge in [-0.1, -0.05) is 36.4 Å². The largest absolute Gasteiger partial charge is 0.497 e. The molecule has 1 heterocycles. The molecular weight excluding hydrogens is 328 g/mol. The number of rotatable bonds is 6. The van der Waals surface area contributed by atoms with Crippen molar-refractivity contribution in [3.63, 3.8) is 0 Å². The van der Waals surface area contributed by atoms with Crippen molar-refractivity contribution >= 4 is 22.9 Å². The van der Waals surface area contributed by atoms with Crippen LogP contribution in [0.1, 0.15) is 17.4 Å². The third-order valence-corrected chi connectivity index (χ3v) is 4.00. The summed E-state index contributed by atoms with van der Waals surface area (Å²) in [5, 5.41) is 13.9. The van der Waals surface area contributed by atoms with Gasteiger partial charge in [0.2, 0.25) is 5.91 Å². The van der Waals surface area contributed by atoms with Crippen molar-refractivity contribution in [2.24, 2.45) is 0 Å². The van der Waals surface area contributed by atoms with Gasteiger partial charge in [0.1, 0.15) is 5.75 Å². The van der Waals surface area contributed by atoms with Crippen LogP contribution >= 0.6 is 0 Å². The molecule has 5 heteroatoms. The number of methoxy groups -OCH3 is 1. The maximum atomic E-state index is 12.0. The minimum absolute atomic E-state index is 0.126. The molecule has 2 N–H and O–H groups in total. The Hall–Kier alpha value is -3.18. The number of nitrogens with one attached hydrogen (secondary N) is 1. The summed E-state index contributed by atoms with van der Waals surface area (Å²) in [6, 6.07) is 18.7. The van der Waals surface area contributed by atoms with E-state index in [1.165, 1.54) is 6.08 Å². The first-order valence-corrected chi connectivity index (χ1v) is 8.29. The molecule has 1 amide bonds. The van der Waals surface area contributed by atoms with Gasteiger partial charge in [0.05, 0.1) is 24.4 Å². The molecule has 0 spiro atoms. The molecule has 0 fully saturated rings. The van der Waals surface area contributed by atoms with Crippen molar-refractivity contribution in [2.75, 3.05) is 13.7 Å². The van der Waals surface area contributed by atoms with Crippen molar-refractivity contribution < 1.29 is 14.6 Å². The smallest absolute Gasteiger partial charge is 0.244 e. The number of nitrogens with zero attached hydrogens (tertiary/aromatic N) is 1. The van der Waals surface area contributed by atoms with E-state index in [1.54, 1.807) is 37.5 Å². The highest BCUT2D eigenvalue weighted by Gasteiger charge is 2.08. The van der Waals surface area contributed by atoms with Gasteiger partial charge in [-0.05, 0) is 35.9 Å². The summed E-state index contributed by atoms with van der Waals surface area (Å²) >= 11 is 0. The predicted octanol–water partition coefficient (Wildman–Crippen LogP) is 3.11. The summed E-state index contributed by atoms with van der Waals surface area (Å²) < 4.78 is 5.08. The number of carbonyl (C=O) groups is 1. The van der Waals surface area contributed by atoms with E-state index in [4.69, 9.17) is 4.74 Å². The number of hydrogen-bond donors (Lipinski definition) is 2. The van der Waals surface area contributed by atoms with Gasteiger partial charge < -0.3 is 15.2 Å². The first-order valence-electron chi connectivity index (χ1n) is 8.29. The molecule has 1 unspecified atom stereocenters. The van der Waals surface area contributed by atoms with Crippen LogP contribution in [0.15, 0.2) is 66.7 Å². The second-order valence-corrected chi connectivity index (χ2v) is 5.80. The maximum absolute atomic E-state index is 12.0. The fourth-order valence-corrected chi connectivity index (χ4v) is 2.54. The summed E-state index contributed by atoms with van der Waals surface area (Å²) in [5.74, 6) is 0.434. The van der Waals surface area contributed by atoms with Gasteiger partial charge in [-0.2, -0.15) is 0 Å². The summed E-state index contributed by atoms with van der Waals surface area (Å²) in [6.45, 7) is 0.126. The van der Waals surface area contributed by atoms with Crippen LogP contribution in [0, 0.1) is 0 Å². The lowest BCUT2D eigenvalue weighted by Crippen LogP contribution is -2.26. The minimum atomic E-state index is -0.781. The van der Waals surface area contributed by atoms with Crippen molar-refractivity contribution in [3.8, 4) is 5.75 Å². The Kier molecular flexibility index (Phi) is 5.61. The number of aromatic nitrogens is 1. The quantitative estimate of drug-likeness (QED) is 0.672. The average Bonchev–Trinajstić information content (AvgIpc) is 2.70. The average molecular weight is 348 g/mol. The lowest BCUT2D eigenvalue weighted by atomic mass is 10.1. The summed E-state index contributed by atoms with van der Waals surface area (Å²) in [6.07, 6.45) is 2.29. The van der Waals surface area contributed by atoms with Crippen LogP contribution in [-0.2, 0) is 4.79 Å². The molecule has 1 aromatic heterocycles. The molecule has 1 atom stereocenters. The van der Waals surface area contributed by atoms with Crippen LogP contribution in [0.2, 0.25) is 0 Å². The second kappa shape index (κ2) is 8.27. The molecule has 3 aromatic rings. The van der Waals surface area contributed by atoms with Gasteiger partial charge in [-0.15, -0.1) is 0 Å². The Bertz CT molecular complexity index is 920. The number of pyridine rings is 1. The molecule has 0 radical (unpaired) electrons. The van der Waals surface area contributed by atoms with Crippen LogP contribution in [-0.4, -0.2) is 29.7 Å². The number of aliphatic hydroxyl groups is 1. The Morgan fingerprint density at radius 3 is 2.69 bits per heavy atom. The molecule has 132 valence electrons. The highest BCUT2D eigenvalue weighted by Crippen LogP contribution is 2.17. The number of amides is 1. The van der Waals surface area contributed by atoms with Crippen molar-refractivity contribution in [3.05, 3.63) is 78.0 Å². The Morgan fingerprint density at radius 1 is 1.15 bits per heavy atom. The fourth-order valence-electron chi connectivity index (χ4n) is 2.54. The summed E-state index contributed by atoms with van der Waals surface area (Å²) in [4.78, 5) is 16.4. The van der Waals surface area contributed by atoms with Crippen LogP contribution in [0.25, 0.3) is 17.0 Å². The Morgan fingerprint density at radius 2 is 1.92 bits per heavy atom. The summed E-state index contributed by atoms with van der Waals surface area (Å²) in [5.41, 5.74) is 2.30. The van der Waals surface area contributed by atoms with E-state index < -0.39 is 6.10 Å². The number of benzene rings is 2. The van der Waals surface area contributed by atoms with Gasteiger partial charge in [-0.25, -0.2) is 4.98 Å². The molecule has 0 aliphatic carbocycles. The third-order valence-electron chi connectivity index (χ3n) is 4.00. The first-order chi connectivity index (χ1) is 12.7. The lowest BCUT2D eigenvalue weighted by molar-refractivity contribution is -0.116. The van der Waals surface area contributed by atoms with E-state index >= 15 is 0 Å². The zero-order valence-electron chi connectivity index (χ0n) is 14.4. The Balaban J connectivity index is 1.56. The van der Waals surface area contributed by atoms with E-state index in [-0.39, 0.29) is 12.5 Å². The molecule has 0 aliphatic heterocycles. The Labute approximate surface area is 152 Å². The van der Waals surface area contributed by atoms with Crippen molar-refractivity contribution in [2.45, 2.75) is 6.10 Å². The highest BCUT2D eigenvalue weighted by molar-refractivity contribution is 5.91. The molecule has 2 aromatic carbocycles. The topological polar surface area (TPSA) is 71.5 Å². The monoisotopic (exact) mass is 348 g/mol. The first kappa shape index (κ1) is 17.6. The summed E-state index contributed by atoms with van der Waals surface area (Å²) in [7, 11) is 1.59. The normalized spacial score (nSPS) is 12.2. The van der Waals surface area contributed by atoms with Gasteiger partial charge in [0.15, 0.2) is 0 Å². The van der Waals surface area contributed by atoms with Crippen LogP contribution in [0.3, 0.4) is 0 Å². The van der Waals surface area contributed by atoms with E-state index in [0.717, 1.165) is 16.7 Å². The molecule has 26 heavy (non-hydrogen) atoms. The molecule has 3 rings (SSSR count). The molecular formula is C21H20N2O3. The fraction of sp³-hybridized carbons (Fsp3) is 0.143. The van der Waals surface area contributed by atoms with Gasteiger partial charge in [0, 0.05) is 18.0 Å². The van der Waals surface area contributed by atoms with Gasteiger partial charge in [-0.3, -0.25) is 4.79 Å². The molecule has 0 saturated heterocycles. The third kappa shape index (κ3) is 4.46. The number of ether oxygens (including phenoxy) is 1. The lowest BCUT2D eigenvalue weighted by Gasteiger charge is -2.11. The van der Waals surface area contributed by atoms with Crippen LogP contribution in [0.5, 0.6) is 5.75 Å². The molecule has 0 aliphatic rings. The standard InChI is InChI=1S/C21H20N2O3/c1-26-18-11-7-16(8-12-18)20(24)14-22-21(25)13-10-17-9-6-15-4-2-3-5-19(15)23-17/h2-13,20,24H,14H2,1H3,(H,22,25)/b13-10+. The number of aliphatic hydroxyl groups excluding tert-OH is 1. The second-order valence-electron chi connectivity index (χ2n) is 5.80. The number of para-hydroxylation sites is 1. The van der Waals surface area contributed by atoms with Gasteiger partial charge >= 0.3 is 0 Å². The van der Waals surface area contributed by atoms with Crippen LogP contribution < -0.4 is 10.1 Å². The zero-order valence-corrected chi connectivity index (χ0v) is 14.4. The van der Waals surface area contributed by atoms with E-state index in [0.29, 0.717) is 11.3 Å². The number of fused-ring (bicyclic) bond motifs is 1. The number of carbonyl (C=O) groups excluding carboxylic acids is 1. The molecule has 5 nitrogen and oxygen atoms in total. The predicted molar refractivity (Wildman–Crippen MR) is 102 cm³/mol. The SMILES string of the molecule is COc1ccc(C(O)CNC(=O)/C=C/c2ccc3ccccc3n2)cc1. The maximum Gasteiger partial charge on any atom is 0.244 e. The van der Waals surface area contributed by atoms with E-state index in [9.17, 15) is 9.90 Å². The van der Waals surface area contributed by atoms with Crippen molar-refractivity contribution in [1.82, 2.24) is 10.3 Å². The molecule has 0 bridgehead atoms.